The number of amidine groups is 1. The minimum atomic E-state index is -4.32. The van der Waals surface area contributed by atoms with Crippen LogP contribution < -0.4 is 0 Å². The van der Waals surface area contributed by atoms with Gasteiger partial charge in [-0.1, -0.05) is 23.4 Å². The van der Waals surface area contributed by atoms with Crippen molar-refractivity contribution in [3.8, 4) is 0 Å². The van der Waals surface area contributed by atoms with Gasteiger partial charge in [0.05, 0.1) is 11.4 Å². The average Bonchev–Trinajstić information content (AvgIpc) is 3.17. The third-order valence-corrected chi connectivity index (χ3v) is 6.77. The van der Waals surface area contributed by atoms with Crippen LogP contribution in [0.1, 0.15) is 17.7 Å². The summed E-state index contributed by atoms with van der Waals surface area (Å²) in [6, 6.07) is 9.69. The molecule has 0 radical (unpaired) electrons. The predicted octanol–water partition coefficient (Wildman–Crippen LogP) is 3.88. The van der Waals surface area contributed by atoms with Crippen molar-refractivity contribution in [1.82, 2.24) is 9.80 Å². The second-order valence-corrected chi connectivity index (χ2v) is 8.33. The molecule has 138 valence electrons. The van der Waals surface area contributed by atoms with Gasteiger partial charge >= 0.3 is 6.18 Å². The number of halogens is 3. The molecular formula is C18H18F3N3OS. The lowest BCUT2D eigenvalue weighted by atomic mass is 9.79. The van der Waals surface area contributed by atoms with Crippen molar-refractivity contribution in [3.05, 3.63) is 35.2 Å². The van der Waals surface area contributed by atoms with E-state index < -0.39 is 18.4 Å². The first-order valence-electron chi connectivity index (χ1n) is 8.76. The lowest BCUT2D eigenvalue weighted by Crippen LogP contribution is -2.67. The van der Waals surface area contributed by atoms with Crippen LogP contribution in [0.15, 0.2) is 35.5 Å². The first-order chi connectivity index (χ1) is 12.4. The number of fused-ring (bicyclic) bond motifs is 3. The Bertz CT molecular complexity index is 839. The van der Waals surface area contributed by atoms with E-state index in [1.807, 2.05) is 30.3 Å². The normalized spacial score (nSPS) is 30.9. The zero-order valence-corrected chi connectivity index (χ0v) is 14.8. The number of hydrogen-bond acceptors (Lipinski definition) is 5. The molecule has 0 N–H and O–H groups in total. The van der Waals surface area contributed by atoms with E-state index in [2.05, 4.69) is 10.1 Å². The van der Waals surface area contributed by atoms with E-state index in [4.69, 9.17) is 4.84 Å². The van der Waals surface area contributed by atoms with Crippen LogP contribution in [0.25, 0.3) is 10.1 Å². The molecule has 5 heterocycles. The van der Waals surface area contributed by atoms with Crippen LogP contribution >= 0.6 is 11.3 Å². The zero-order chi connectivity index (χ0) is 17.9. The molecule has 26 heavy (non-hydrogen) atoms. The molecule has 2 bridgehead atoms. The van der Waals surface area contributed by atoms with Crippen LogP contribution in [0.3, 0.4) is 0 Å². The van der Waals surface area contributed by atoms with Gasteiger partial charge in [0.15, 0.2) is 5.84 Å². The summed E-state index contributed by atoms with van der Waals surface area (Å²) in [6.07, 6.45) is -2.61. The number of oxime groups is 1. The lowest BCUT2D eigenvalue weighted by Gasteiger charge is -2.53. The molecule has 1 spiro atoms. The maximum absolute atomic E-state index is 13.4. The van der Waals surface area contributed by atoms with Gasteiger partial charge in [0.2, 0.25) is 5.72 Å². The van der Waals surface area contributed by atoms with Gasteiger partial charge in [-0.05, 0) is 43.5 Å². The molecule has 3 saturated heterocycles. The minimum absolute atomic E-state index is 0.0745. The van der Waals surface area contributed by atoms with Crippen molar-refractivity contribution in [2.24, 2.45) is 11.1 Å². The quantitative estimate of drug-likeness (QED) is 0.790. The number of benzene rings is 1. The Hall–Kier alpha value is -1.80. The van der Waals surface area contributed by atoms with Gasteiger partial charge in [-0.3, -0.25) is 4.90 Å². The number of piperidine rings is 3. The van der Waals surface area contributed by atoms with Gasteiger partial charge in [0.1, 0.15) is 6.54 Å². The van der Waals surface area contributed by atoms with Crippen molar-refractivity contribution in [1.29, 1.82) is 0 Å². The van der Waals surface area contributed by atoms with Crippen molar-refractivity contribution in [2.75, 3.05) is 26.2 Å². The first kappa shape index (κ1) is 16.4. The fourth-order valence-electron chi connectivity index (χ4n) is 4.46. The fourth-order valence-corrected chi connectivity index (χ4v) is 5.51. The van der Waals surface area contributed by atoms with Crippen LogP contribution in [0.4, 0.5) is 13.2 Å². The summed E-state index contributed by atoms with van der Waals surface area (Å²) in [5, 5.41) is 5.20. The molecule has 8 heteroatoms. The van der Waals surface area contributed by atoms with Gasteiger partial charge in [0.25, 0.3) is 0 Å². The Morgan fingerprint density at radius 2 is 2.00 bits per heavy atom. The summed E-state index contributed by atoms with van der Waals surface area (Å²) in [5.41, 5.74) is -0.989. The topological polar surface area (TPSA) is 28.1 Å². The van der Waals surface area contributed by atoms with Gasteiger partial charge < -0.3 is 9.74 Å². The molecule has 4 nitrogen and oxygen atoms in total. The maximum Gasteiger partial charge on any atom is 0.406 e. The highest BCUT2D eigenvalue weighted by Crippen LogP contribution is 2.46. The summed E-state index contributed by atoms with van der Waals surface area (Å²) in [4.78, 5) is 10.1. The van der Waals surface area contributed by atoms with Crippen LogP contribution in [0, 0.1) is 5.92 Å². The lowest BCUT2D eigenvalue weighted by molar-refractivity contribution is -0.225. The molecule has 0 saturated carbocycles. The summed E-state index contributed by atoms with van der Waals surface area (Å²) in [6.45, 7) is 1.29. The largest absolute Gasteiger partial charge is 0.406 e. The predicted molar refractivity (Wildman–Crippen MR) is 94.1 cm³/mol. The SMILES string of the molecule is FC(F)(F)CN1C(c2cc3ccccc3s2)=NOC12CN1CCC2CC1. The number of nitrogens with zero attached hydrogens (tertiary/aromatic N) is 3. The van der Waals surface area contributed by atoms with Crippen molar-refractivity contribution < 1.29 is 18.0 Å². The Kier molecular flexibility index (Phi) is 3.53. The fraction of sp³-hybridized carbons (Fsp3) is 0.500. The molecule has 1 aromatic heterocycles. The Morgan fingerprint density at radius 3 is 2.65 bits per heavy atom. The zero-order valence-electron chi connectivity index (χ0n) is 14.0. The molecule has 2 aromatic rings. The van der Waals surface area contributed by atoms with E-state index in [0.29, 0.717) is 12.4 Å². The summed E-state index contributed by atoms with van der Waals surface area (Å²) in [5.74, 6) is 0.391. The van der Waals surface area contributed by atoms with Gasteiger partial charge in [0, 0.05) is 10.6 Å². The number of rotatable bonds is 2. The molecular weight excluding hydrogens is 363 g/mol. The van der Waals surface area contributed by atoms with Crippen LogP contribution in [0.5, 0.6) is 0 Å². The third-order valence-electron chi connectivity index (χ3n) is 5.66. The molecule has 4 aliphatic heterocycles. The maximum atomic E-state index is 13.4. The van der Waals surface area contributed by atoms with Crippen molar-refractivity contribution in [3.63, 3.8) is 0 Å². The second-order valence-electron chi connectivity index (χ2n) is 7.25. The monoisotopic (exact) mass is 381 g/mol. The van der Waals surface area contributed by atoms with Gasteiger partial charge in [-0.2, -0.15) is 13.2 Å². The van der Waals surface area contributed by atoms with Gasteiger partial charge in [-0.25, -0.2) is 0 Å². The second kappa shape index (κ2) is 5.60. The van der Waals surface area contributed by atoms with E-state index >= 15 is 0 Å². The average molecular weight is 381 g/mol. The van der Waals surface area contributed by atoms with Crippen molar-refractivity contribution in [2.45, 2.75) is 24.7 Å². The molecule has 3 fully saturated rings. The van der Waals surface area contributed by atoms with Crippen LogP contribution in [-0.4, -0.2) is 53.7 Å². The summed E-state index contributed by atoms with van der Waals surface area (Å²) < 4.78 is 41.3. The summed E-state index contributed by atoms with van der Waals surface area (Å²) >= 11 is 1.46. The molecule has 4 aliphatic rings. The third kappa shape index (κ3) is 2.50. The standard InChI is InChI=1S/C18H18F3N3OS/c19-18(20,21)11-24-16(15-9-12-3-1-2-4-14(12)26-15)22-25-17(24)10-23-7-5-13(17)6-8-23/h1-4,9,13H,5-8,10-11H2. The Balaban J connectivity index is 1.56. The number of thiophene rings is 1. The number of hydrogen-bond donors (Lipinski definition) is 0. The van der Waals surface area contributed by atoms with Gasteiger partial charge in [-0.15, -0.1) is 11.3 Å². The smallest absolute Gasteiger partial charge is 0.363 e. The first-order valence-corrected chi connectivity index (χ1v) is 9.58. The molecule has 6 rings (SSSR count). The summed E-state index contributed by atoms with van der Waals surface area (Å²) in [7, 11) is 0. The van der Waals surface area contributed by atoms with E-state index in [1.54, 1.807) is 0 Å². The van der Waals surface area contributed by atoms with E-state index in [1.165, 1.54) is 16.2 Å². The van der Waals surface area contributed by atoms with E-state index in [-0.39, 0.29) is 5.92 Å². The Morgan fingerprint density at radius 1 is 1.23 bits per heavy atom. The molecule has 1 unspecified atom stereocenters. The molecule has 0 amide bonds. The van der Waals surface area contributed by atoms with Crippen LogP contribution in [-0.2, 0) is 4.84 Å². The highest BCUT2D eigenvalue weighted by molar-refractivity contribution is 7.20. The van der Waals surface area contributed by atoms with Crippen LogP contribution in [0.2, 0.25) is 0 Å². The minimum Gasteiger partial charge on any atom is -0.363 e. The highest BCUT2D eigenvalue weighted by Gasteiger charge is 2.59. The van der Waals surface area contributed by atoms with E-state index in [0.717, 1.165) is 40.9 Å². The molecule has 1 aromatic carbocycles. The molecule has 1 atom stereocenters. The number of alkyl halides is 3. The Labute approximate surface area is 152 Å². The van der Waals surface area contributed by atoms with E-state index in [9.17, 15) is 13.2 Å². The highest BCUT2D eigenvalue weighted by atomic mass is 32.1. The van der Waals surface area contributed by atoms with Crippen molar-refractivity contribution >= 4 is 27.3 Å². The molecule has 0 aliphatic carbocycles.